The van der Waals surface area contributed by atoms with Gasteiger partial charge in [-0.3, -0.25) is 29.4 Å². The highest BCUT2D eigenvalue weighted by atomic mass is 32.1. The summed E-state index contributed by atoms with van der Waals surface area (Å²) in [7, 11) is 0. The maximum Gasteiger partial charge on any atom is 0.282 e. The van der Waals surface area contributed by atoms with Crippen LogP contribution in [0.3, 0.4) is 0 Å². The zero-order chi connectivity index (χ0) is 19.4. The van der Waals surface area contributed by atoms with Gasteiger partial charge in [0.05, 0.1) is 10.5 Å². The normalized spacial score (nSPS) is 13.0. The lowest BCUT2D eigenvalue weighted by molar-refractivity contribution is -0.385. The van der Waals surface area contributed by atoms with Gasteiger partial charge < -0.3 is 5.32 Å². The summed E-state index contributed by atoms with van der Waals surface area (Å²) in [6, 6.07) is 4.03. The van der Waals surface area contributed by atoms with E-state index in [0.717, 1.165) is 4.90 Å². The molecule has 0 bridgehead atoms. The summed E-state index contributed by atoms with van der Waals surface area (Å²) in [6.45, 7) is 0.164. The number of benzene rings is 1. The average Bonchev–Trinajstić information content (AvgIpc) is 3.23. The molecule has 0 saturated heterocycles. The first-order valence-electron chi connectivity index (χ1n) is 8.32. The molecule has 0 fully saturated rings. The number of imide groups is 1. The third-order valence-corrected chi connectivity index (χ3v) is 4.83. The van der Waals surface area contributed by atoms with Crippen molar-refractivity contribution in [3.05, 3.63) is 51.0 Å². The van der Waals surface area contributed by atoms with Crippen molar-refractivity contribution in [2.24, 2.45) is 0 Å². The summed E-state index contributed by atoms with van der Waals surface area (Å²) in [5, 5.41) is 16.1. The Balaban J connectivity index is 1.48. The largest absolute Gasteiger partial charge is 0.302 e. The molecule has 1 aromatic carbocycles. The van der Waals surface area contributed by atoms with Crippen LogP contribution in [0.2, 0.25) is 0 Å². The molecule has 2 aromatic rings. The fraction of sp³-hybridized carbons (Fsp3) is 0.294. The van der Waals surface area contributed by atoms with E-state index in [1.54, 1.807) is 11.6 Å². The highest BCUT2D eigenvalue weighted by Gasteiger charge is 2.40. The first-order valence-corrected chi connectivity index (χ1v) is 9.20. The number of anilines is 1. The summed E-state index contributed by atoms with van der Waals surface area (Å²) in [5.41, 5.74) is -0.431. The van der Waals surface area contributed by atoms with E-state index >= 15 is 0 Å². The molecule has 27 heavy (non-hydrogen) atoms. The Hall–Kier alpha value is -3.14. The second-order valence-electron chi connectivity index (χ2n) is 5.91. The van der Waals surface area contributed by atoms with Crippen molar-refractivity contribution in [3.63, 3.8) is 0 Å². The Labute approximate surface area is 158 Å². The first-order chi connectivity index (χ1) is 13.0. The van der Waals surface area contributed by atoms with E-state index in [2.05, 4.69) is 10.3 Å². The van der Waals surface area contributed by atoms with Crippen molar-refractivity contribution in [1.82, 2.24) is 9.88 Å². The van der Waals surface area contributed by atoms with Gasteiger partial charge in [0, 0.05) is 30.6 Å². The highest BCUT2D eigenvalue weighted by Crippen LogP contribution is 2.30. The van der Waals surface area contributed by atoms with Crippen LogP contribution < -0.4 is 5.32 Å². The number of aromatic nitrogens is 1. The second-order valence-corrected chi connectivity index (χ2v) is 6.81. The Morgan fingerprint density at radius 3 is 2.74 bits per heavy atom. The van der Waals surface area contributed by atoms with Gasteiger partial charge in [-0.1, -0.05) is 12.5 Å². The number of amides is 3. The van der Waals surface area contributed by atoms with E-state index in [9.17, 15) is 24.5 Å². The maximum absolute atomic E-state index is 12.4. The number of carbonyl (C=O) groups is 3. The first kappa shape index (κ1) is 18.6. The summed E-state index contributed by atoms with van der Waals surface area (Å²) < 4.78 is 0. The van der Waals surface area contributed by atoms with Crippen LogP contribution in [0.25, 0.3) is 0 Å². The minimum Gasteiger partial charge on any atom is -0.302 e. The molecular formula is C17H16N4O5S. The van der Waals surface area contributed by atoms with E-state index in [1.165, 1.54) is 29.5 Å². The Bertz CT molecular complexity index is 897. The van der Waals surface area contributed by atoms with Crippen molar-refractivity contribution < 1.29 is 19.3 Å². The number of unbranched alkanes of at least 4 members (excludes halogenated alkanes) is 2. The second kappa shape index (κ2) is 8.04. The van der Waals surface area contributed by atoms with Gasteiger partial charge >= 0.3 is 0 Å². The minimum atomic E-state index is -0.658. The number of hydrogen-bond acceptors (Lipinski definition) is 7. The van der Waals surface area contributed by atoms with E-state index < -0.39 is 16.7 Å². The predicted octanol–water partition coefficient (Wildman–Crippen LogP) is 2.85. The molecule has 0 radical (unpaired) electrons. The molecule has 0 unspecified atom stereocenters. The van der Waals surface area contributed by atoms with E-state index in [-0.39, 0.29) is 29.3 Å². The lowest BCUT2D eigenvalue weighted by Crippen LogP contribution is -2.30. The molecule has 1 aliphatic heterocycles. The lowest BCUT2D eigenvalue weighted by Gasteiger charge is -2.13. The van der Waals surface area contributed by atoms with Crippen LogP contribution in [0, 0.1) is 10.1 Å². The minimum absolute atomic E-state index is 0.0667. The fourth-order valence-corrected chi connectivity index (χ4v) is 3.42. The summed E-state index contributed by atoms with van der Waals surface area (Å²) >= 11 is 1.34. The molecule has 1 N–H and O–H groups in total. The SMILES string of the molecule is O=C(CCCCCN1C(=O)c2cccc([N+](=O)[O-])c2C1=O)Nc1nccs1. The van der Waals surface area contributed by atoms with Crippen LogP contribution in [-0.4, -0.2) is 39.1 Å². The van der Waals surface area contributed by atoms with Crippen molar-refractivity contribution in [2.75, 3.05) is 11.9 Å². The van der Waals surface area contributed by atoms with Gasteiger partial charge in [0.2, 0.25) is 5.91 Å². The summed E-state index contributed by atoms with van der Waals surface area (Å²) in [5.74, 6) is -1.29. The Morgan fingerprint density at radius 2 is 2.04 bits per heavy atom. The van der Waals surface area contributed by atoms with Gasteiger partial charge in [0.25, 0.3) is 17.5 Å². The topological polar surface area (TPSA) is 123 Å². The third-order valence-electron chi connectivity index (χ3n) is 4.14. The molecule has 0 saturated carbocycles. The van der Waals surface area contributed by atoms with Crippen LogP contribution in [0.5, 0.6) is 0 Å². The number of rotatable bonds is 8. The van der Waals surface area contributed by atoms with E-state index in [1.807, 2.05) is 0 Å². The standard InChI is InChI=1S/C17H16N4O5S/c22-13(19-17-18-8-10-27-17)7-2-1-3-9-20-15(23)11-5-4-6-12(21(25)26)14(11)16(20)24/h4-6,8,10H,1-3,7,9H2,(H,18,19,22). The number of carbonyl (C=O) groups excluding carboxylic acids is 3. The number of hydrogen-bond donors (Lipinski definition) is 1. The van der Waals surface area contributed by atoms with Gasteiger partial charge in [-0.2, -0.15) is 0 Å². The van der Waals surface area contributed by atoms with Crippen LogP contribution in [0.1, 0.15) is 46.4 Å². The molecule has 140 valence electrons. The number of nitro groups is 1. The van der Waals surface area contributed by atoms with E-state index in [4.69, 9.17) is 0 Å². The van der Waals surface area contributed by atoms with Gasteiger partial charge in [-0.15, -0.1) is 11.3 Å². The van der Waals surface area contributed by atoms with Crippen LogP contribution in [0.15, 0.2) is 29.8 Å². The monoisotopic (exact) mass is 388 g/mol. The zero-order valence-corrected chi connectivity index (χ0v) is 15.0. The molecule has 2 heterocycles. The molecule has 3 rings (SSSR count). The van der Waals surface area contributed by atoms with Crippen molar-refractivity contribution in [2.45, 2.75) is 25.7 Å². The predicted molar refractivity (Wildman–Crippen MR) is 97.7 cm³/mol. The molecule has 10 heteroatoms. The fourth-order valence-electron chi connectivity index (χ4n) is 2.87. The summed E-state index contributed by atoms with van der Waals surface area (Å²) in [4.78, 5) is 51.9. The Morgan fingerprint density at radius 1 is 1.22 bits per heavy atom. The average molecular weight is 388 g/mol. The quantitative estimate of drug-likeness (QED) is 0.321. The van der Waals surface area contributed by atoms with Crippen LogP contribution in [0.4, 0.5) is 10.8 Å². The van der Waals surface area contributed by atoms with E-state index in [0.29, 0.717) is 30.8 Å². The molecule has 0 aliphatic carbocycles. The number of fused-ring (bicyclic) bond motifs is 1. The van der Waals surface area contributed by atoms with Gasteiger partial charge in [0.1, 0.15) is 5.56 Å². The van der Waals surface area contributed by atoms with Crippen molar-refractivity contribution in [1.29, 1.82) is 0 Å². The molecule has 0 spiro atoms. The zero-order valence-electron chi connectivity index (χ0n) is 14.2. The number of thiazole rings is 1. The van der Waals surface area contributed by atoms with Gasteiger partial charge in [-0.05, 0) is 18.9 Å². The van der Waals surface area contributed by atoms with Crippen LogP contribution in [-0.2, 0) is 4.79 Å². The molecule has 3 amide bonds. The third kappa shape index (κ3) is 4.00. The molecular weight excluding hydrogens is 372 g/mol. The number of nitrogens with zero attached hydrogens (tertiary/aromatic N) is 3. The summed E-state index contributed by atoms with van der Waals surface area (Å²) in [6.07, 6.45) is 3.67. The van der Waals surface area contributed by atoms with Crippen LogP contribution >= 0.6 is 11.3 Å². The number of nitrogens with one attached hydrogen (secondary N) is 1. The molecule has 0 atom stereocenters. The van der Waals surface area contributed by atoms with Gasteiger partial charge in [-0.25, -0.2) is 4.98 Å². The van der Waals surface area contributed by atoms with Crippen molar-refractivity contribution >= 4 is 39.9 Å². The highest BCUT2D eigenvalue weighted by molar-refractivity contribution is 7.13. The van der Waals surface area contributed by atoms with Gasteiger partial charge in [0.15, 0.2) is 5.13 Å². The smallest absolute Gasteiger partial charge is 0.282 e. The molecule has 9 nitrogen and oxygen atoms in total. The molecule has 1 aliphatic rings. The Kier molecular flexibility index (Phi) is 5.55. The lowest BCUT2D eigenvalue weighted by atomic mass is 10.1. The molecule has 1 aromatic heterocycles. The maximum atomic E-state index is 12.4. The number of nitro benzene ring substituents is 1. The van der Waals surface area contributed by atoms with Crippen molar-refractivity contribution in [3.8, 4) is 0 Å².